The molecular weight excluding hydrogens is 645 g/mol. The molecule has 0 fully saturated rings. The van der Waals surface area contributed by atoms with Gasteiger partial charge < -0.3 is 14.2 Å². The molecule has 1 atom stereocenters. The Labute approximate surface area is 271 Å². The van der Waals surface area contributed by atoms with Gasteiger partial charge in [-0.3, -0.25) is 4.90 Å². The van der Waals surface area contributed by atoms with Gasteiger partial charge in [-0.05, 0) is 65.2 Å². The second kappa shape index (κ2) is 13.4. The van der Waals surface area contributed by atoms with Crippen LogP contribution >= 0.6 is 22.9 Å². The van der Waals surface area contributed by atoms with Crippen LogP contribution in [0, 0.1) is 5.82 Å². The molecule has 0 saturated carbocycles. The molecule has 2 amide bonds. The van der Waals surface area contributed by atoms with Crippen LogP contribution in [-0.4, -0.2) is 60.9 Å². The number of hydrogen-bond donors (Lipinski definition) is 0. The molecule has 1 aromatic heterocycles. The van der Waals surface area contributed by atoms with Gasteiger partial charge in [-0.25, -0.2) is 27.4 Å². The van der Waals surface area contributed by atoms with Crippen LogP contribution in [0.4, 0.5) is 19.8 Å². The highest BCUT2D eigenvalue weighted by atomic mass is 35.5. The fourth-order valence-corrected chi connectivity index (χ4v) is 6.70. The molecule has 4 rings (SSSR count). The van der Waals surface area contributed by atoms with Crippen LogP contribution in [0.1, 0.15) is 53.5 Å². The van der Waals surface area contributed by atoms with Crippen molar-refractivity contribution in [3.63, 3.8) is 0 Å². The predicted molar refractivity (Wildman–Crippen MR) is 171 cm³/mol. The van der Waals surface area contributed by atoms with E-state index >= 15 is 4.39 Å². The van der Waals surface area contributed by atoms with Gasteiger partial charge in [0.05, 0.1) is 16.6 Å². The summed E-state index contributed by atoms with van der Waals surface area (Å²) < 4.78 is 60.1. The van der Waals surface area contributed by atoms with Crippen molar-refractivity contribution < 1.29 is 36.6 Å². The fourth-order valence-electron chi connectivity index (χ4n) is 4.49. The van der Waals surface area contributed by atoms with Crippen LogP contribution in [0.15, 0.2) is 64.3 Å². The molecule has 0 spiro atoms. The molecule has 2 heterocycles. The van der Waals surface area contributed by atoms with Crippen LogP contribution in [0.25, 0.3) is 5.57 Å². The SMILES string of the molecule is CC(C)(C)OC(=O)N1CCC=C(c2ccccc2)C1COc1cc(F)c(S(=O)(=O)N(C(=O)OC(C)(C)C)c2cscn2)cc1Cl. The van der Waals surface area contributed by atoms with Gasteiger partial charge in [-0.1, -0.05) is 48.0 Å². The summed E-state index contributed by atoms with van der Waals surface area (Å²) in [6.45, 7) is 10.2. The Morgan fingerprint density at radius 1 is 1.09 bits per heavy atom. The summed E-state index contributed by atoms with van der Waals surface area (Å²) >= 11 is 7.50. The van der Waals surface area contributed by atoms with E-state index in [4.69, 9.17) is 25.8 Å². The minimum atomic E-state index is -4.87. The minimum Gasteiger partial charge on any atom is -0.489 e. The summed E-state index contributed by atoms with van der Waals surface area (Å²) in [5.41, 5.74) is 1.21. The molecule has 2 aromatic carbocycles. The van der Waals surface area contributed by atoms with Crippen molar-refractivity contribution in [1.82, 2.24) is 9.88 Å². The predicted octanol–water partition coefficient (Wildman–Crippen LogP) is 7.54. The smallest absolute Gasteiger partial charge is 0.430 e. The van der Waals surface area contributed by atoms with E-state index in [-0.39, 0.29) is 23.2 Å². The molecule has 1 aliphatic rings. The molecule has 0 N–H and O–H groups in total. The maximum atomic E-state index is 15.6. The lowest BCUT2D eigenvalue weighted by Crippen LogP contribution is -2.48. The molecule has 0 aliphatic carbocycles. The number of anilines is 1. The van der Waals surface area contributed by atoms with Gasteiger partial charge in [-0.15, -0.1) is 15.6 Å². The Morgan fingerprint density at radius 3 is 2.36 bits per heavy atom. The average molecular weight is 680 g/mol. The third-order valence-electron chi connectivity index (χ3n) is 6.29. The highest BCUT2D eigenvalue weighted by molar-refractivity contribution is 7.93. The van der Waals surface area contributed by atoms with Gasteiger partial charge in [0.1, 0.15) is 34.3 Å². The number of sulfonamides is 1. The topological polar surface area (TPSA) is 115 Å². The van der Waals surface area contributed by atoms with Crippen molar-refractivity contribution in [2.24, 2.45) is 0 Å². The third-order valence-corrected chi connectivity index (χ3v) is 8.85. The first kappa shape index (κ1) is 34.2. The number of ether oxygens (including phenoxy) is 3. The number of rotatable bonds is 7. The van der Waals surface area contributed by atoms with Gasteiger partial charge in [0.15, 0.2) is 5.82 Å². The summed E-state index contributed by atoms with van der Waals surface area (Å²) in [4.78, 5) is 30.8. The average Bonchev–Trinajstić information content (AvgIpc) is 3.45. The Bertz CT molecular complexity index is 1670. The van der Waals surface area contributed by atoms with Crippen molar-refractivity contribution in [2.45, 2.75) is 70.1 Å². The number of aromatic nitrogens is 1. The maximum absolute atomic E-state index is 15.6. The second-order valence-electron chi connectivity index (χ2n) is 12.1. The molecule has 0 saturated heterocycles. The lowest BCUT2D eigenvalue weighted by molar-refractivity contribution is 0.0162. The zero-order valence-electron chi connectivity index (χ0n) is 25.7. The van der Waals surface area contributed by atoms with Crippen LogP contribution in [-0.2, 0) is 19.5 Å². The van der Waals surface area contributed by atoms with E-state index in [2.05, 4.69) is 4.98 Å². The zero-order valence-corrected chi connectivity index (χ0v) is 28.1. The van der Waals surface area contributed by atoms with E-state index in [1.807, 2.05) is 36.4 Å². The van der Waals surface area contributed by atoms with E-state index in [1.54, 1.807) is 46.4 Å². The summed E-state index contributed by atoms with van der Waals surface area (Å²) in [5.74, 6) is -1.64. The van der Waals surface area contributed by atoms with Crippen molar-refractivity contribution in [3.05, 3.63) is 75.8 Å². The number of hydrogen-bond acceptors (Lipinski definition) is 9. The van der Waals surface area contributed by atoms with E-state index < -0.39 is 50.2 Å². The van der Waals surface area contributed by atoms with Crippen molar-refractivity contribution in [3.8, 4) is 5.75 Å². The fraction of sp³-hybridized carbons (Fsp3) is 0.387. The summed E-state index contributed by atoms with van der Waals surface area (Å²) in [6, 6.07) is 10.5. The Morgan fingerprint density at radius 2 is 1.76 bits per heavy atom. The van der Waals surface area contributed by atoms with Crippen LogP contribution in [0.3, 0.4) is 0 Å². The number of thiazole rings is 1. The molecule has 1 unspecified atom stereocenters. The lowest BCUT2D eigenvalue weighted by atomic mass is 9.93. The number of carbonyl (C=O) groups excluding carboxylic acids is 2. The number of carbonyl (C=O) groups is 2. The number of amides is 2. The first-order chi connectivity index (χ1) is 21.0. The van der Waals surface area contributed by atoms with Crippen LogP contribution < -0.4 is 9.04 Å². The Balaban J connectivity index is 1.66. The Kier molecular flexibility index (Phi) is 10.1. The maximum Gasteiger partial charge on any atom is 0.430 e. The molecule has 0 bridgehead atoms. The van der Waals surface area contributed by atoms with Gasteiger partial charge in [0.2, 0.25) is 0 Å². The summed E-state index contributed by atoms with van der Waals surface area (Å²) in [7, 11) is -4.87. The van der Waals surface area contributed by atoms with Crippen molar-refractivity contribution >= 4 is 56.5 Å². The van der Waals surface area contributed by atoms with E-state index in [1.165, 1.54) is 10.9 Å². The van der Waals surface area contributed by atoms with Crippen molar-refractivity contribution in [2.75, 3.05) is 17.5 Å². The first-order valence-electron chi connectivity index (χ1n) is 14.0. The zero-order chi connectivity index (χ0) is 33.2. The van der Waals surface area contributed by atoms with Gasteiger partial charge in [-0.2, -0.15) is 0 Å². The first-order valence-corrected chi connectivity index (χ1v) is 16.8. The monoisotopic (exact) mass is 679 g/mol. The van der Waals surface area contributed by atoms with E-state index in [0.29, 0.717) is 17.3 Å². The van der Waals surface area contributed by atoms with Crippen LogP contribution in [0.5, 0.6) is 5.75 Å². The number of nitrogens with zero attached hydrogens (tertiary/aromatic N) is 3. The normalized spacial score (nSPS) is 15.7. The van der Waals surface area contributed by atoms with Crippen molar-refractivity contribution in [1.29, 1.82) is 0 Å². The standard InChI is InChI=1S/C31H35ClFN3O7S2/c1-30(2,3)42-28(37)35-14-10-13-21(20-11-8-7-9-12-20)24(35)17-41-25-16-23(33)26(15-22(25)32)45(39,40)36(27-18-44-19-34-27)29(38)43-31(4,5)6/h7-9,11-13,15-16,18-19,24H,10,14,17H2,1-6H3. The molecule has 0 radical (unpaired) electrons. The van der Waals surface area contributed by atoms with Gasteiger partial charge >= 0.3 is 12.2 Å². The van der Waals surface area contributed by atoms with Gasteiger partial charge in [0, 0.05) is 18.0 Å². The van der Waals surface area contributed by atoms with Crippen LogP contribution in [0.2, 0.25) is 5.02 Å². The summed E-state index contributed by atoms with van der Waals surface area (Å²) in [5, 5.41) is 1.08. The third kappa shape index (κ3) is 8.33. The molecule has 14 heteroatoms. The van der Waals surface area contributed by atoms with E-state index in [9.17, 15) is 18.0 Å². The largest absolute Gasteiger partial charge is 0.489 e. The minimum absolute atomic E-state index is 0.145. The van der Waals surface area contributed by atoms with Gasteiger partial charge in [0.25, 0.3) is 10.0 Å². The molecular formula is C31H35ClFN3O7S2. The molecule has 1 aliphatic heterocycles. The molecule has 3 aromatic rings. The lowest BCUT2D eigenvalue weighted by Gasteiger charge is -2.37. The quantitative estimate of drug-likeness (QED) is 0.252. The molecule has 10 nitrogen and oxygen atoms in total. The highest BCUT2D eigenvalue weighted by Crippen LogP contribution is 2.35. The summed E-state index contributed by atoms with van der Waals surface area (Å²) in [6.07, 6.45) is 0.783. The molecule has 242 valence electrons. The number of halogens is 2. The number of benzene rings is 2. The highest BCUT2D eigenvalue weighted by Gasteiger charge is 2.39. The Hall–Kier alpha value is -3.68. The molecule has 45 heavy (non-hydrogen) atoms. The van der Waals surface area contributed by atoms with E-state index in [0.717, 1.165) is 34.6 Å². The second-order valence-corrected chi connectivity index (χ2v) is 15.0.